The Labute approximate surface area is 146 Å². The van der Waals surface area contributed by atoms with E-state index in [2.05, 4.69) is 10.6 Å². The van der Waals surface area contributed by atoms with Crippen molar-refractivity contribution in [2.45, 2.75) is 0 Å². The first-order valence-electron chi connectivity index (χ1n) is 7.25. The lowest BCUT2D eigenvalue weighted by molar-refractivity contribution is 0.101. The first kappa shape index (κ1) is 16.8. The number of rotatable bonds is 4. The summed E-state index contributed by atoms with van der Waals surface area (Å²) in [5.41, 5.74) is 0.0948. The van der Waals surface area contributed by atoms with Crippen LogP contribution in [0.4, 0.5) is 20.2 Å². The molecule has 0 fully saturated rings. The zero-order valence-electron chi connectivity index (χ0n) is 12.8. The summed E-state index contributed by atoms with van der Waals surface area (Å²) < 4.78 is 27.3. The number of hydrogen-bond donors (Lipinski definition) is 2. The van der Waals surface area contributed by atoms with Crippen molar-refractivity contribution in [3.63, 3.8) is 0 Å². The normalized spacial score (nSPS) is 10.3. The molecule has 2 aromatic carbocycles. The van der Waals surface area contributed by atoms with Crippen LogP contribution in [0, 0.1) is 11.6 Å². The van der Waals surface area contributed by atoms with Crippen molar-refractivity contribution in [2.75, 3.05) is 10.6 Å². The van der Waals surface area contributed by atoms with Gasteiger partial charge in [-0.25, -0.2) is 8.78 Å². The maximum atomic E-state index is 13.7. The van der Waals surface area contributed by atoms with Crippen LogP contribution >= 0.6 is 11.3 Å². The maximum Gasteiger partial charge on any atom is 0.265 e. The van der Waals surface area contributed by atoms with Gasteiger partial charge in [0.05, 0.1) is 4.88 Å². The van der Waals surface area contributed by atoms with E-state index < -0.39 is 23.1 Å². The third-order valence-corrected chi connectivity index (χ3v) is 4.18. The highest BCUT2D eigenvalue weighted by Gasteiger charge is 2.17. The number of thiophene rings is 1. The molecule has 0 unspecified atom stereocenters. The molecule has 126 valence electrons. The van der Waals surface area contributed by atoms with Crippen molar-refractivity contribution in [1.82, 2.24) is 0 Å². The summed E-state index contributed by atoms with van der Waals surface area (Å²) in [5, 5.41) is 6.90. The highest BCUT2D eigenvalue weighted by atomic mass is 32.1. The lowest BCUT2D eigenvalue weighted by Crippen LogP contribution is -2.16. The Morgan fingerprint density at radius 1 is 0.800 bits per heavy atom. The molecule has 0 aliphatic heterocycles. The molecule has 3 rings (SSSR count). The topological polar surface area (TPSA) is 58.2 Å². The Hall–Kier alpha value is -3.06. The largest absolute Gasteiger partial charge is 0.322 e. The first-order chi connectivity index (χ1) is 12.0. The Kier molecular flexibility index (Phi) is 4.85. The van der Waals surface area contributed by atoms with Gasteiger partial charge in [-0.3, -0.25) is 9.59 Å². The van der Waals surface area contributed by atoms with Gasteiger partial charge in [-0.1, -0.05) is 18.2 Å². The van der Waals surface area contributed by atoms with Gasteiger partial charge in [-0.2, -0.15) is 0 Å². The molecular weight excluding hydrogens is 346 g/mol. The van der Waals surface area contributed by atoms with Crippen molar-refractivity contribution >= 4 is 34.5 Å². The van der Waals surface area contributed by atoms with Crippen molar-refractivity contribution in [2.24, 2.45) is 0 Å². The average molecular weight is 358 g/mol. The van der Waals surface area contributed by atoms with Crippen LogP contribution in [0.15, 0.2) is 60.0 Å². The number of benzene rings is 2. The maximum absolute atomic E-state index is 13.7. The number of carbonyl (C=O) groups is 2. The van der Waals surface area contributed by atoms with Gasteiger partial charge in [-0.05, 0) is 41.8 Å². The lowest BCUT2D eigenvalue weighted by Gasteiger charge is -2.09. The Morgan fingerprint density at radius 3 is 2.00 bits per heavy atom. The monoisotopic (exact) mass is 358 g/mol. The predicted octanol–water partition coefficient (Wildman–Crippen LogP) is 4.53. The van der Waals surface area contributed by atoms with Crippen LogP contribution in [0.25, 0.3) is 0 Å². The molecule has 7 heteroatoms. The third-order valence-electron chi connectivity index (χ3n) is 3.31. The molecule has 0 aliphatic rings. The van der Waals surface area contributed by atoms with E-state index in [0.29, 0.717) is 16.3 Å². The standard InChI is InChI=1S/C18H12F2N2O2S/c19-13-6-2-7-14(20)16(13)18(24)22-12-5-1-4-11(10-12)21-17(23)15-8-3-9-25-15/h1-10H,(H,21,23)(H,22,24). The van der Waals surface area contributed by atoms with E-state index in [4.69, 9.17) is 0 Å². The van der Waals surface area contributed by atoms with E-state index in [1.807, 2.05) is 0 Å². The molecular formula is C18H12F2N2O2S. The highest BCUT2D eigenvalue weighted by molar-refractivity contribution is 7.12. The molecule has 0 spiro atoms. The molecule has 0 aliphatic carbocycles. The van der Waals surface area contributed by atoms with E-state index in [0.717, 1.165) is 12.1 Å². The number of amides is 2. The molecule has 0 radical (unpaired) electrons. The predicted molar refractivity (Wildman–Crippen MR) is 93.0 cm³/mol. The second-order valence-electron chi connectivity index (χ2n) is 5.06. The van der Waals surface area contributed by atoms with Crippen LogP contribution < -0.4 is 10.6 Å². The molecule has 2 amide bonds. The van der Waals surface area contributed by atoms with E-state index in [1.165, 1.54) is 23.5 Å². The molecule has 3 aromatic rings. The minimum Gasteiger partial charge on any atom is -0.322 e. The van der Waals surface area contributed by atoms with E-state index >= 15 is 0 Å². The average Bonchev–Trinajstić information content (AvgIpc) is 3.09. The summed E-state index contributed by atoms with van der Waals surface area (Å²) in [7, 11) is 0. The number of hydrogen-bond acceptors (Lipinski definition) is 3. The van der Waals surface area contributed by atoms with Gasteiger partial charge < -0.3 is 10.6 Å². The third kappa shape index (κ3) is 3.89. The minimum absolute atomic E-state index is 0.279. The van der Waals surface area contributed by atoms with Crippen LogP contribution in [0.5, 0.6) is 0 Å². The molecule has 4 nitrogen and oxygen atoms in total. The number of nitrogens with one attached hydrogen (secondary N) is 2. The Balaban J connectivity index is 1.76. The molecule has 0 saturated heterocycles. The second-order valence-corrected chi connectivity index (χ2v) is 6.01. The van der Waals surface area contributed by atoms with Gasteiger partial charge in [-0.15, -0.1) is 11.3 Å². The summed E-state index contributed by atoms with van der Waals surface area (Å²) in [6.45, 7) is 0. The molecule has 0 saturated carbocycles. The fourth-order valence-corrected chi connectivity index (χ4v) is 2.80. The Bertz CT molecular complexity index is 906. The number of carbonyl (C=O) groups excluding carboxylic acids is 2. The zero-order chi connectivity index (χ0) is 17.8. The molecule has 1 aromatic heterocycles. The lowest BCUT2D eigenvalue weighted by atomic mass is 10.1. The Morgan fingerprint density at radius 2 is 1.40 bits per heavy atom. The van der Waals surface area contributed by atoms with E-state index in [9.17, 15) is 18.4 Å². The van der Waals surface area contributed by atoms with Crippen molar-refractivity contribution in [1.29, 1.82) is 0 Å². The van der Waals surface area contributed by atoms with Gasteiger partial charge in [0.1, 0.15) is 17.2 Å². The fraction of sp³-hybridized carbons (Fsp3) is 0. The van der Waals surface area contributed by atoms with E-state index in [-0.39, 0.29) is 5.91 Å². The molecule has 1 heterocycles. The first-order valence-corrected chi connectivity index (χ1v) is 8.13. The smallest absolute Gasteiger partial charge is 0.265 e. The van der Waals surface area contributed by atoms with Crippen LogP contribution in [0.1, 0.15) is 20.0 Å². The highest BCUT2D eigenvalue weighted by Crippen LogP contribution is 2.19. The summed E-state index contributed by atoms with van der Waals surface area (Å²) in [6, 6.07) is 13.0. The van der Waals surface area contributed by atoms with Crippen LogP contribution in [-0.4, -0.2) is 11.8 Å². The number of anilines is 2. The molecule has 2 N–H and O–H groups in total. The van der Waals surface area contributed by atoms with Gasteiger partial charge in [0.15, 0.2) is 0 Å². The van der Waals surface area contributed by atoms with Crippen molar-refractivity contribution in [3.8, 4) is 0 Å². The fourth-order valence-electron chi connectivity index (χ4n) is 2.18. The molecule has 0 bridgehead atoms. The van der Waals surface area contributed by atoms with Gasteiger partial charge in [0.25, 0.3) is 11.8 Å². The second kappa shape index (κ2) is 7.23. The van der Waals surface area contributed by atoms with Gasteiger partial charge in [0.2, 0.25) is 0 Å². The summed E-state index contributed by atoms with van der Waals surface area (Å²) >= 11 is 1.30. The SMILES string of the molecule is O=C(Nc1cccc(NC(=O)c2c(F)cccc2F)c1)c1cccs1. The van der Waals surface area contributed by atoms with Crippen LogP contribution in [0.2, 0.25) is 0 Å². The van der Waals surface area contributed by atoms with Gasteiger partial charge >= 0.3 is 0 Å². The summed E-state index contributed by atoms with van der Waals surface area (Å²) in [6.07, 6.45) is 0. The van der Waals surface area contributed by atoms with Crippen LogP contribution in [0.3, 0.4) is 0 Å². The van der Waals surface area contributed by atoms with Crippen molar-refractivity contribution < 1.29 is 18.4 Å². The minimum atomic E-state index is -0.945. The van der Waals surface area contributed by atoms with Crippen molar-refractivity contribution in [3.05, 3.63) is 82.1 Å². The number of halogens is 2. The van der Waals surface area contributed by atoms with E-state index in [1.54, 1.807) is 35.7 Å². The molecule has 25 heavy (non-hydrogen) atoms. The zero-order valence-corrected chi connectivity index (χ0v) is 13.6. The van der Waals surface area contributed by atoms with Crippen LogP contribution in [-0.2, 0) is 0 Å². The molecule has 0 atom stereocenters. The van der Waals surface area contributed by atoms with Gasteiger partial charge in [0, 0.05) is 11.4 Å². The summed E-state index contributed by atoms with van der Waals surface area (Å²) in [5.74, 6) is -3.07. The summed E-state index contributed by atoms with van der Waals surface area (Å²) in [4.78, 5) is 24.7. The quantitative estimate of drug-likeness (QED) is 0.720.